The molecule has 0 amide bonds. The lowest BCUT2D eigenvalue weighted by molar-refractivity contribution is 0.195. The second-order valence-corrected chi connectivity index (χ2v) is 4.64. The van der Waals surface area contributed by atoms with Gasteiger partial charge in [0.1, 0.15) is 10.8 Å². The van der Waals surface area contributed by atoms with Gasteiger partial charge in [-0.05, 0) is 25.1 Å². The predicted octanol–water partition coefficient (Wildman–Crippen LogP) is 3.43. The van der Waals surface area contributed by atoms with Crippen molar-refractivity contribution in [2.45, 2.75) is 22.9 Å². The summed E-state index contributed by atoms with van der Waals surface area (Å²) in [6.07, 6.45) is 1.02. The topological polar surface area (TPSA) is 33.1 Å². The zero-order valence-corrected chi connectivity index (χ0v) is 10.1. The summed E-state index contributed by atoms with van der Waals surface area (Å²) >= 11 is 1.22. The summed E-state index contributed by atoms with van der Waals surface area (Å²) in [5.74, 6) is -0.278. The van der Waals surface area contributed by atoms with E-state index in [0.717, 1.165) is 0 Å². The van der Waals surface area contributed by atoms with E-state index >= 15 is 0 Å². The molecule has 88 valence electrons. The molecule has 0 bridgehead atoms. The van der Waals surface area contributed by atoms with Gasteiger partial charge in [-0.3, -0.25) is 0 Å². The van der Waals surface area contributed by atoms with Gasteiger partial charge in [0.2, 0.25) is 0 Å². The molecule has 0 aliphatic heterocycles. The number of hydrogen-bond acceptors (Lipinski definition) is 3. The summed E-state index contributed by atoms with van der Waals surface area (Å²) in [5, 5.41) is 10.2. The predicted molar refractivity (Wildman–Crippen MR) is 65.4 cm³/mol. The van der Waals surface area contributed by atoms with Crippen molar-refractivity contribution in [1.82, 2.24) is 4.98 Å². The summed E-state index contributed by atoms with van der Waals surface area (Å²) in [7, 11) is 0. The van der Waals surface area contributed by atoms with Crippen LogP contribution in [0.5, 0.6) is 0 Å². The fourth-order valence-corrected chi connectivity index (χ4v) is 2.43. The Morgan fingerprint density at radius 2 is 2.00 bits per heavy atom. The number of rotatable bonds is 3. The van der Waals surface area contributed by atoms with Gasteiger partial charge in [-0.1, -0.05) is 30.0 Å². The van der Waals surface area contributed by atoms with Crippen LogP contribution in [-0.4, -0.2) is 10.1 Å². The maximum atomic E-state index is 13.5. The van der Waals surface area contributed by atoms with Crippen LogP contribution in [0.2, 0.25) is 0 Å². The lowest BCUT2D eigenvalue weighted by Gasteiger charge is -2.10. The summed E-state index contributed by atoms with van der Waals surface area (Å²) in [4.78, 5) is 4.68. The summed E-state index contributed by atoms with van der Waals surface area (Å²) in [6, 6.07) is 10.1. The maximum absolute atomic E-state index is 13.5. The molecule has 0 aliphatic carbocycles. The number of hydrogen-bond donors (Lipinski definition) is 1. The van der Waals surface area contributed by atoms with Crippen molar-refractivity contribution in [3.63, 3.8) is 0 Å². The van der Waals surface area contributed by atoms with Gasteiger partial charge in [0.05, 0.1) is 6.10 Å². The van der Waals surface area contributed by atoms with Gasteiger partial charge in [0.15, 0.2) is 0 Å². The van der Waals surface area contributed by atoms with E-state index in [4.69, 9.17) is 0 Å². The first-order chi connectivity index (χ1) is 8.18. The molecule has 1 heterocycles. The lowest BCUT2D eigenvalue weighted by atomic mass is 10.2. The quantitative estimate of drug-likeness (QED) is 0.904. The molecule has 0 saturated heterocycles. The molecule has 0 radical (unpaired) electrons. The molecular formula is C13H12FNOS. The number of aliphatic hydroxyl groups excluding tert-OH is 1. The minimum absolute atomic E-state index is 0.278. The van der Waals surface area contributed by atoms with Crippen molar-refractivity contribution in [1.29, 1.82) is 0 Å². The van der Waals surface area contributed by atoms with Crippen LogP contribution in [0, 0.1) is 5.82 Å². The van der Waals surface area contributed by atoms with E-state index in [-0.39, 0.29) is 5.82 Å². The van der Waals surface area contributed by atoms with Crippen molar-refractivity contribution in [2.24, 2.45) is 0 Å². The standard InChI is InChI=1S/C13H12FNOS/c1-9(16)10-5-4-8-15-13(10)17-12-7-3-2-6-11(12)14/h2-9,16H,1H3. The fraction of sp³-hybridized carbons (Fsp3) is 0.154. The molecule has 0 aliphatic rings. The molecule has 0 fully saturated rings. The normalized spacial score (nSPS) is 12.4. The van der Waals surface area contributed by atoms with Gasteiger partial charge in [0, 0.05) is 16.7 Å². The molecule has 1 atom stereocenters. The molecule has 2 rings (SSSR count). The van der Waals surface area contributed by atoms with Crippen molar-refractivity contribution in [3.8, 4) is 0 Å². The first kappa shape index (κ1) is 12.1. The Morgan fingerprint density at radius 1 is 1.24 bits per heavy atom. The van der Waals surface area contributed by atoms with E-state index in [1.165, 1.54) is 17.8 Å². The highest BCUT2D eigenvalue weighted by molar-refractivity contribution is 7.99. The van der Waals surface area contributed by atoms with E-state index in [1.54, 1.807) is 43.5 Å². The number of halogens is 1. The van der Waals surface area contributed by atoms with Gasteiger partial charge in [-0.25, -0.2) is 9.37 Å². The Morgan fingerprint density at radius 3 is 2.71 bits per heavy atom. The highest BCUT2D eigenvalue weighted by atomic mass is 32.2. The first-order valence-corrected chi connectivity index (χ1v) is 6.05. The third-order valence-electron chi connectivity index (χ3n) is 2.29. The van der Waals surface area contributed by atoms with Crippen molar-refractivity contribution < 1.29 is 9.50 Å². The minimum atomic E-state index is -0.613. The van der Waals surface area contributed by atoms with Crippen LogP contribution >= 0.6 is 11.8 Å². The van der Waals surface area contributed by atoms with Crippen molar-refractivity contribution in [2.75, 3.05) is 0 Å². The Hall–Kier alpha value is -1.39. The number of pyridine rings is 1. The van der Waals surface area contributed by atoms with Crippen molar-refractivity contribution in [3.05, 3.63) is 54.0 Å². The average Bonchev–Trinajstić information content (AvgIpc) is 2.32. The van der Waals surface area contributed by atoms with Crippen LogP contribution in [-0.2, 0) is 0 Å². The Bertz CT molecular complexity index is 516. The van der Waals surface area contributed by atoms with Crippen LogP contribution in [0.25, 0.3) is 0 Å². The SMILES string of the molecule is CC(O)c1cccnc1Sc1ccccc1F. The molecule has 0 spiro atoms. The minimum Gasteiger partial charge on any atom is -0.389 e. The van der Waals surface area contributed by atoms with E-state index < -0.39 is 6.10 Å². The van der Waals surface area contributed by atoms with Gasteiger partial charge >= 0.3 is 0 Å². The van der Waals surface area contributed by atoms with Gasteiger partial charge in [-0.2, -0.15) is 0 Å². The third kappa shape index (κ3) is 2.84. The number of nitrogens with zero attached hydrogens (tertiary/aromatic N) is 1. The first-order valence-electron chi connectivity index (χ1n) is 5.24. The van der Waals surface area contributed by atoms with Crippen LogP contribution in [0.3, 0.4) is 0 Å². The molecule has 1 aromatic carbocycles. The number of aromatic nitrogens is 1. The monoisotopic (exact) mass is 249 g/mol. The highest BCUT2D eigenvalue weighted by Crippen LogP contribution is 2.32. The molecular weight excluding hydrogens is 237 g/mol. The molecule has 0 saturated carbocycles. The second-order valence-electron chi connectivity index (χ2n) is 3.61. The number of benzene rings is 1. The van der Waals surface area contributed by atoms with Crippen LogP contribution in [0.15, 0.2) is 52.5 Å². The third-order valence-corrected chi connectivity index (χ3v) is 3.38. The zero-order chi connectivity index (χ0) is 12.3. The van der Waals surface area contributed by atoms with Crippen LogP contribution in [0.4, 0.5) is 4.39 Å². The zero-order valence-electron chi connectivity index (χ0n) is 9.30. The largest absolute Gasteiger partial charge is 0.389 e. The Labute approximate surface area is 104 Å². The Balaban J connectivity index is 2.34. The second kappa shape index (κ2) is 5.29. The molecule has 1 N–H and O–H groups in total. The molecule has 2 nitrogen and oxygen atoms in total. The fourth-order valence-electron chi connectivity index (χ4n) is 1.44. The highest BCUT2D eigenvalue weighted by Gasteiger charge is 2.11. The van der Waals surface area contributed by atoms with Gasteiger partial charge < -0.3 is 5.11 Å². The smallest absolute Gasteiger partial charge is 0.137 e. The molecule has 2 aromatic rings. The van der Waals surface area contributed by atoms with E-state index in [9.17, 15) is 9.50 Å². The van der Waals surface area contributed by atoms with Crippen LogP contribution < -0.4 is 0 Å². The summed E-state index contributed by atoms with van der Waals surface area (Å²) in [5.41, 5.74) is 0.709. The van der Waals surface area contributed by atoms with Crippen molar-refractivity contribution >= 4 is 11.8 Å². The summed E-state index contributed by atoms with van der Waals surface area (Å²) in [6.45, 7) is 1.67. The molecule has 17 heavy (non-hydrogen) atoms. The molecule has 1 aromatic heterocycles. The maximum Gasteiger partial charge on any atom is 0.137 e. The van der Waals surface area contributed by atoms with E-state index in [0.29, 0.717) is 15.5 Å². The van der Waals surface area contributed by atoms with E-state index in [1.807, 2.05) is 0 Å². The van der Waals surface area contributed by atoms with Gasteiger partial charge in [-0.15, -0.1) is 0 Å². The molecule has 4 heteroatoms. The lowest BCUT2D eigenvalue weighted by Crippen LogP contribution is -1.96. The van der Waals surface area contributed by atoms with Crippen LogP contribution in [0.1, 0.15) is 18.6 Å². The Kier molecular flexibility index (Phi) is 3.76. The van der Waals surface area contributed by atoms with E-state index in [2.05, 4.69) is 4.98 Å². The number of aliphatic hydroxyl groups is 1. The molecule has 1 unspecified atom stereocenters. The average molecular weight is 249 g/mol. The van der Waals surface area contributed by atoms with Gasteiger partial charge in [0.25, 0.3) is 0 Å². The summed E-state index contributed by atoms with van der Waals surface area (Å²) < 4.78 is 13.5.